The van der Waals surface area contributed by atoms with E-state index in [4.69, 9.17) is 21.1 Å². The van der Waals surface area contributed by atoms with Crippen LogP contribution in [-0.2, 0) is 23.1 Å². The summed E-state index contributed by atoms with van der Waals surface area (Å²) in [6, 6.07) is 0.189. The Kier molecular flexibility index (Phi) is 6.71. The number of esters is 1. The third-order valence-electron chi connectivity index (χ3n) is 3.21. The quantitative estimate of drug-likeness (QED) is 0.492. The zero-order chi connectivity index (χ0) is 21.0. The Morgan fingerprint density at radius 1 is 1.25 bits per heavy atom. The summed E-state index contributed by atoms with van der Waals surface area (Å²) in [7, 11) is 5.06. The summed E-state index contributed by atoms with van der Waals surface area (Å²) >= 11 is 2.97. The lowest BCUT2D eigenvalue weighted by Crippen LogP contribution is -2.39. The van der Waals surface area contributed by atoms with Gasteiger partial charge < -0.3 is 14.2 Å². The molecule has 28 heavy (non-hydrogen) atoms. The number of methoxy groups -OCH3 is 3. The number of carbonyl (C=O) groups excluding carboxylic acids is 2. The van der Waals surface area contributed by atoms with Gasteiger partial charge >= 0.3 is 12.0 Å². The van der Waals surface area contributed by atoms with Crippen molar-refractivity contribution in [3.8, 4) is 11.8 Å². The molecule has 0 aliphatic carbocycles. The Morgan fingerprint density at radius 2 is 1.82 bits per heavy atom. The SMILES string of the molecule is COC(=O)c1c(Cl)nn(C)c1N(C(=O)Nc1nc(OC)cc(OC)n1)S(=O)O. The van der Waals surface area contributed by atoms with Crippen LogP contribution in [0.3, 0.4) is 0 Å². The van der Waals surface area contributed by atoms with Crippen molar-refractivity contribution in [3.63, 3.8) is 0 Å². The van der Waals surface area contributed by atoms with Gasteiger partial charge in [0, 0.05) is 7.05 Å². The van der Waals surface area contributed by atoms with E-state index < -0.39 is 23.3 Å². The van der Waals surface area contributed by atoms with E-state index in [2.05, 4.69) is 25.1 Å². The smallest absolute Gasteiger partial charge is 0.344 e. The van der Waals surface area contributed by atoms with Crippen molar-refractivity contribution in [1.82, 2.24) is 19.7 Å². The molecule has 1 unspecified atom stereocenters. The largest absolute Gasteiger partial charge is 0.481 e. The van der Waals surface area contributed by atoms with E-state index in [0.717, 1.165) is 11.8 Å². The Hall–Kier alpha value is -2.97. The summed E-state index contributed by atoms with van der Waals surface area (Å²) in [6.45, 7) is 0. The van der Waals surface area contributed by atoms with Gasteiger partial charge in [0.1, 0.15) is 5.56 Å². The second-order valence-electron chi connectivity index (χ2n) is 4.84. The van der Waals surface area contributed by atoms with Crippen molar-refractivity contribution in [1.29, 1.82) is 0 Å². The number of hydrogen-bond donors (Lipinski definition) is 2. The highest BCUT2D eigenvalue weighted by Crippen LogP contribution is 2.29. The second kappa shape index (κ2) is 8.81. The van der Waals surface area contributed by atoms with E-state index in [-0.39, 0.29) is 34.2 Å². The highest BCUT2D eigenvalue weighted by Gasteiger charge is 2.34. The van der Waals surface area contributed by atoms with Gasteiger partial charge in [-0.1, -0.05) is 11.6 Å². The second-order valence-corrected chi connectivity index (χ2v) is 6.02. The fourth-order valence-electron chi connectivity index (χ4n) is 2.05. The van der Waals surface area contributed by atoms with Crippen LogP contribution < -0.4 is 19.1 Å². The lowest BCUT2D eigenvalue weighted by Gasteiger charge is -2.19. The number of nitrogens with zero attached hydrogens (tertiary/aromatic N) is 5. The van der Waals surface area contributed by atoms with Crippen LogP contribution in [0.15, 0.2) is 6.07 Å². The van der Waals surface area contributed by atoms with Crippen molar-refractivity contribution in [3.05, 3.63) is 16.8 Å². The van der Waals surface area contributed by atoms with Gasteiger partial charge in [0.25, 0.3) is 11.3 Å². The lowest BCUT2D eigenvalue weighted by molar-refractivity contribution is 0.0602. The zero-order valence-corrected chi connectivity index (χ0v) is 16.6. The molecular weight excluding hydrogens is 420 g/mol. The Morgan fingerprint density at radius 3 is 2.29 bits per heavy atom. The maximum Gasteiger partial charge on any atom is 0.344 e. The van der Waals surface area contributed by atoms with Crippen LogP contribution in [0.5, 0.6) is 11.8 Å². The van der Waals surface area contributed by atoms with E-state index in [1.165, 1.54) is 27.3 Å². The first-order chi connectivity index (χ1) is 13.2. The Balaban J connectivity index is 2.48. The first kappa shape index (κ1) is 21.3. The lowest BCUT2D eigenvalue weighted by atomic mass is 10.3. The van der Waals surface area contributed by atoms with Gasteiger partial charge in [-0.2, -0.15) is 19.4 Å². The molecular formula is C13H15ClN6O7S. The summed E-state index contributed by atoms with van der Waals surface area (Å²) in [4.78, 5) is 32.4. The maximum atomic E-state index is 12.6. The number of amides is 2. The number of nitrogens with one attached hydrogen (secondary N) is 1. The van der Waals surface area contributed by atoms with Gasteiger partial charge in [0.15, 0.2) is 11.0 Å². The predicted octanol–water partition coefficient (Wildman–Crippen LogP) is 0.842. The van der Waals surface area contributed by atoms with Crippen LogP contribution in [-0.4, -0.2) is 61.8 Å². The molecule has 0 aromatic carbocycles. The number of anilines is 2. The molecule has 2 N–H and O–H groups in total. The minimum Gasteiger partial charge on any atom is -0.481 e. The van der Waals surface area contributed by atoms with Crippen molar-refractivity contribution in [2.45, 2.75) is 0 Å². The summed E-state index contributed by atoms with van der Waals surface area (Å²) in [5.41, 5.74) is -0.381. The highest BCUT2D eigenvalue weighted by atomic mass is 35.5. The average molecular weight is 435 g/mol. The number of ether oxygens (including phenoxy) is 3. The minimum absolute atomic E-state index is 0.0673. The van der Waals surface area contributed by atoms with E-state index in [1.807, 2.05) is 0 Å². The molecule has 0 radical (unpaired) electrons. The van der Waals surface area contributed by atoms with Gasteiger partial charge in [-0.25, -0.2) is 18.5 Å². The molecule has 2 heterocycles. The number of carbonyl (C=O) groups is 2. The molecule has 0 spiro atoms. The van der Waals surface area contributed by atoms with Crippen molar-refractivity contribution >= 4 is 46.6 Å². The predicted molar refractivity (Wildman–Crippen MR) is 97.0 cm³/mol. The van der Waals surface area contributed by atoms with Gasteiger partial charge in [0.05, 0.1) is 27.4 Å². The average Bonchev–Trinajstić information content (AvgIpc) is 2.94. The summed E-state index contributed by atoms with van der Waals surface area (Å²) in [5, 5.41) is 5.65. The first-order valence-electron chi connectivity index (χ1n) is 7.23. The molecule has 152 valence electrons. The van der Waals surface area contributed by atoms with E-state index in [0.29, 0.717) is 4.31 Å². The van der Waals surface area contributed by atoms with Gasteiger partial charge in [-0.05, 0) is 0 Å². The molecule has 0 fully saturated rings. The van der Waals surface area contributed by atoms with Crippen LogP contribution in [0, 0.1) is 0 Å². The minimum atomic E-state index is -2.92. The van der Waals surface area contributed by atoms with E-state index >= 15 is 0 Å². The molecule has 0 aliphatic heterocycles. The molecule has 2 amide bonds. The van der Waals surface area contributed by atoms with Gasteiger partial charge in [-0.15, -0.1) is 0 Å². The Labute approximate surface area is 166 Å². The van der Waals surface area contributed by atoms with E-state index in [9.17, 15) is 18.4 Å². The first-order valence-corrected chi connectivity index (χ1v) is 8.67. The number of aromatic nitrogens is 4. The molecule has 0 saturated carbocycles. The number of aryl methyl sites for hydroxylation is 1. The monoisotopic (exact) mass is 434 g/mol. The van der Waals surface area contributed by atoms with Crippen LogP contribution in [0.25, 0.3) is 0 Å². The Bertz CT molecular complexity index is 914. The summed E-state index contributed by atoms with van der Waals surface area (Å²) in [6.07, 6.45) is 0. The molecule has 1 atom stereocenters. The number of hydrogen-bond acceptors (Lipinski definition) is 9. The molecule has 0 aliphatic rings. The molecule has 2 aromatic rings. The molecule has 15 heteroatoms. The molecule has 0 bridgehead atoms. The van der Waals surface area contributed by atoms with Crippen LogP contribution in [0.4, 0.5) is 16.6 Å². The van der Waals surface area contributed by atoms with Crippen molar-refractivity contribution in [2.24, 2.45) is 7.05 Å². The van der Waals surface area contributed by atoms with Crippen molar-refractivity contribution in [2.75, 3.05) is 31.0 Å². The molecule has 13 nitrogen and oxygen atoms in total. The van der Waals surface area contributed by atoms with Crippen molar-refractivity contribution < 1.29 is 32.6 Å². The van der Waals surface area contributed by atoms with Gasteiger partial charge in [-0.3, -0.25) is 9.87 Å². The van der Waals surface area contributed by atoms with Crippen LogP contribution >= 0.6 is 11.6 Å². The maximum absolute atomic E-state index is 12.6. The highest BCUT2D eigenvalue weighted by molar-refractivity contribution is 7.81. The summed E-state index contributed by atoms with van der Waals surface area (Å²) < 4.78 is 37.3. The van der Waals surface area contributed by atoms with Gasteiger partial charge in [0.2, 0.25) is 17.7 Å². The summed E-state index contributed by atoms with van der Waals surface area (Å²) in [5.74, 6) is -1.50. The normalized spacial score (nSPS) is 11.5. The number of urea groups is 1. The zero-order valence-electron chi connectivity index (χ0n) is 15.0. The number of halogens is 1. The van der Waals surface area contributed by atoms with E-state index in [1.54, 1.807) is 0 Å². The topological polar surface area (TPSA) is 158 Å². The fourth-order valence-corrected chi connectivity index (χ4v) is 2.87. The third-order valence-corrected chi connectivity index (χ3v) is 4.13. The fraction of sp³-hybridized carbons (Fsp3) is 0.308. The molecule has 0 saturated heterocycles. The standard InChI is InChI=1S/C13H15ClN6O7S/c1-19-10(8(9(14)18-19)11(21)27-4)20(28(23)24)13(22)17-12-15-6(25-2)5-7(16-12)26-3/h5H,1-4H3,(H,23,24)(H,15,16,17,22). The third kappa shape index (κ3) is 4.29. The number of rotatable bonds is 6. The molecule has 2 aromatic heterocycles. The van der Waals surface area contributed by atoms with Crippen LogP contribution in [0.2, 0.25) is 5.15 Å². The van der Waals surface area contributed by atoms with Crippen LogP contribution in [0.1, 0.15) is 10.4 Å². The molecule has 2 rings (SSSR count).